The number of rotatable bonds is 0. The van der Waals surface area contributed by atoms with Gasteiger partial charge >= 0.3 is 0 Å². The Morgan fingerprint density at radius 1 is 1.33 bits per heavy atom. The predicted octanol–water partition coefficient (Wildman–Crippen LogP) is 1.13. The van der Waals surface area contributed by atoms with Gasteiger partial charge in [-0.3, -0.25) is 0 Å². The zero-order valence-electron chi connectivity index (χ0n) is 7.29. The topological polar surface area (TPSA) is 29.5 Å². The van der Waals surface area contributed by atoms with Crippen LogP contribution in [0.25, 0.3) is 0 Å². The number of aliphatic hydroxyl groups excluding tert-OH is 1. The molecule has 0 spiro atoms. The van der Waals surface area contributed by atoms with Crippen LogP contribution in [0.5, 0.6) is 0 Å². The van der Waals surface area contributed by atoms with Crippen LogP contribution in [0, 0.1) is 11.8 Å². The minimum absolute atomic E-state index is 0.0208. The van der Waals surface area contributed by atoms with Crippen molar-refractivity contribution in [1.82, 2.24) is 0 Å². The molecule has 1 aliphatic heterocycles. The van der Waals surface area contributed by atoms with E-state index in [2.05, 4.69) is 0 Å². The molecule has 1 saturated carbocycles. The van der Waals surface area contributed by atoms with Gasteiger partial charge in [-0.05, 0) is 19.8 Å². The van der Waals surface area contributed by atoms with Crippen molar-refractivity contribution in [3.8, 4) is 0 Å². The van der Waals surface area contributed by atoms with Gasteiger partial charge in [-0.2, -0.15) is 0 Å². The molecule has 2 rings (SSSR count). The molecule has 1 saturated heterocycles. The second-order valence-corrected chi connectivity index (χ2v) is 4.37. The summed E-state index contributed by atoms with van der Waals surface area (Å²) in [7, 11) is 0. The molecule has 2 unspecified atom stereocenters. The van der Waals surface area contributed by atoms with Crippen LogP contribution >= 0.6 is 0 Å². The van der Waals surface area contributed by atoms with Crippen LogP contribution in [0.4, 0.5) is 4.39 Å². The van der Waals surface area contributed by atoms with Crippen LogP contribution in [0.1, 0.15) is 19.8 Å². The molecular formula is C9H15FO2. The number of hydrogen-bond donors (Lipinski definition) is 1. The van der Waals surface area contributed by atoms with E-state index in [4.69, 9.17) is 4.74 Å². The Hall–Kier alpha value is -0.150. The van der Waals surface area contributed by atoms with Gasteiger partial charge in [0.1, 0.15) is 5.67 Å². The number of hydrogen-bond acceptors (Lipinski definition) is 2. The fourth-order valence-corrected chi connectivity index (χ4v) is 2.49. The summed E-state index contributed by atoms with van der Waals surface area (Å²) >= 11 is 0. The van der Waals surface area contributed by atoms with E-state index < -0.39 is 5.67 Å². The molecule has 1 aliphatic carbocycles. The Morgan fingerprint density at radius 2 is 1.83 bits per heavy atom. The first-order valence-corrected chi connectivity index (χ1v) is 4.53. The van der Waals surface area contributed by atoms with E-state index in [-0.39, 0.29) is 17.9 Å². The van der Waals surface area contributed by atoms with Gasteiger partial charge in [-0.25, -0.2) is 4.39 Å². The molecule has 2 nitrogen and oxygen atoms in total. The monoisotopic (exact) mass is 174 g/mol. The highest BCUT2D eigenvalue weighted by atomic mass is 19.1. The lowest BCUT2D eigenvalue weighted by molar-refractivity contribution is -0.138. The summed E-state index contributed by atoms with van der Waals surface area (Å²) in [5.74, 6) is 0.0417. The summed E-state index contributed by atoms with van der Waals surface area (Å²) in [6.07, 6.45) is 0.567. The quantitative estimate of drug-likeness (QED) is 0.596. The summed E-state index contributed by atoms with van der Waals surface area (Å²) in [5.41, 5.74) is -1.08. The van der Waals surface area contributed by atoms with Gasteiger partial charge in [-0.1, -0.05) is 0 Å². The highest BCUT2D eigenvalue weighted by molar-refractivity contribution is 4.94. The highest BCUT2D eigenvalue weighted by Gasteiger charge is 2.45. The smallest absolute Gasteiger partial charge is 0.109 e. The predicted molar refractivity (Wildman–Crippen MR) is 42.6 cm³/mol. The molecule has 0 aromatic carbocycles. The molecule has 0 aromatic rings. The van der Waals surface area contributed by atoms with Crippen LogP contribution in [-0.2, 0) is 4.74 Å². The fourth-order valence-electron chi connectivity index (χ4n) is 2.49. The van der Waals surface area contributed by atoms with Crippen molar-refractivity contribution in [2.45, 2.75) is 31.5 Å². The first kappa shape index (κ1) is 8.45. The van der Waals surface area contributed by atoms with E-state index in [9.17, 15) is 9.50 Å². The lowest BCUT2D eigenvalue weighted by atomic mass is 9.71. The molecule has 2 bridgehead atoms. The molecule has 70 valence electrons. The van der Waals surface area contributed by atoms with Crippen molar-refractivity contribution in [3.05, 3.63) is 0 Å². The van der Waals surface area contributed by atoms with Crippen LogP contribution in [-0.4, -0.2) is 30.1 Å². The van der Waals surface area contributed by atoms with Crippen LogP contribution in [0.3, 0.4) is 0 Å². The third-order valence-electron chi connectivity index (χ3n) is 3.01. The molecule has 3 heteroatoms. The van der Waals surface area contributed by atoms with Crippen LogP contribution < -0.4 is 0 Å². The standard InChI is InChI=1S/C9H15FO2/c1-9(10)2-6-4-12-5-7(3-9)8(6)11/h6-8,11H,2-5H2,1H3. The zero-order valence-corrected chi connectivity index (χ0v) is 7.29. The van der Waals surface area contributed by atoms with Crippen molar-refractivity contribution in [1.29, 1.82) is 0 Å². The number of halogens is 1. The number of aliphatic hydroxyl groups is 1. The molecule has 1 N–H and O–H groups in total. The van der Waals surface area contributed by atoms with E-state index >= 15 is 0 Å². The van der Waals surface area contributed by atoms with E-state index in [1.54, 1.807) is 6.92 Å². The van der Waals surface area contributed by atoms with Gasteiger partial charge in [0.2, 0.25) is 0 Å². The van der Waals surface area contributed by atoms with E-state index in [0.717, 1.165) is 0 Å². The van der Waals surface area contributed by atoms with Gasteiger partial charge in [0, 0.05) is 11.8 Å². The van der Waals surface area contributed by atoms with Crippen LogP contribution in [0.15, 0.2) is 0 Å². The number of alkyl halides is 1. The third kappa shape index (κ3) is 1.36. The largest absolute Gasteiger partial charge is 0.392 e. The van der Waals surface area contributed by atoms with Gasteiger partial charge in [0.05, 0.1) is 19.3 Å². The summed E-state index contributed by atoms with van der Waals surface area (Å²) < 4.78 is 18.9. The molecule has 12 heavy (non-hydrogen) atoms. The summed E-state index contributed by atoms with van der Waals surface area (Å²) in [6, 6.07) is 0. The van der Waals surface area contributed by atoms with Crippen molar-refractivity contribution in [2.75, 3.05) is 13.2 Å². The molecule has 1 heterocycles. The maximum Gasteiger partial charge on any atom is 0.109 e. The van der Waals surface area contributed by atoms with Crippen molar-refractivity contribution in [2.24, 2.45) is 11.8 Å². The first-order chi connectivity index (χ1) is 5.58. The molecular weight excluding hydrogens is 159 g/mol. The highest BCUT2D eigenvalue weighted by Crippen LogP contribution is 2.41. The molecule has 0 aromatic heterocycles. The Labute approximate surface area is 71.7 Å². The second-order valence-electron chi connectivity index (χ2n) is 4.37. The summed E-state index contributed by atoms with van der Waals surface area (Å²) in [5, 5.41) is 9.67. The molecule has 2 aliphatic rings. The molecule has 0 amide bonds. The van der Waals surface area contributed by atoms with Crippen molar-refractivity contribution in [3.63, 3.8) is 0 Å². The average molecular weight is 174 g/mol. The Morgan fingerprint density at radius 3 is 2.33 bits per heavy atom. The summed E-state index contributed by atoms with van der Waals surface area (Å²) in [6.45, 7) is 2.68. The number of fused-ring (bicyclic) bond motifs is 2. The van der Waals surface area contributed by atoms with E-state index in [0.29, 0.717) is 26.1 Å². The van der Waals surface area contributed by atoms with Gasteiger partial charge < -0.3 is 9.84 Å². The zero-order chi connectivity index (χ0) is 8.77. The Balaban J connectivity index is 2.12. The number of ether oxygens (including phenoxy) is 1. The van der Waals surface area contributed by atoms with Crippen molar-refractivity contribution < 1.29 is 14.2 Å². The second kappa shape index (κ2) is 2.67. The van der Waals surface area contributed by atoms with Crippen LogP contribution in [0.2, 0.25) is 0 Å². The van der Waals surface area contributed by atoms with E-state index in [1.165, 1.54) is 0 Å². The maximum atomic E-state index is 13.6. The molecule has 2 atom stereocenters. The van der Waals surface area contributed by atoms with Crippen molar-refractivity contribution >= 4 is 0 Å². The van der Waals surface area contributed by atoms with Gasteiger partial charge in [0.15, 0.2) is 0 Å². The fraction of sp³-hybridized carbons (Fsp3) is 1.00. The Kier molecular flexibility index (Phi) is 1.88. The van der Waals surface area contributed by atoms with E-state index in [1.807, 2.05) is 0 Å². The van der Waals surface area contributed by atoms with Gasteiger partial charge in [0.25, 0.3) is 0 Å². The van der Waals surface area contributed by atoms with Gasteiger partial charge in [-0.15, -0.1) is 0 Å². The third-order valence-corrected chi connectivity index (χ3v) is 3.01. The SMILES string of the molecule is CC1(F)CC2COCC(C1)C2O. The average Bonchev–Trinajstić information content (AvgIpc) is 1.92. The maximum absolute atomic E-state index is 13.6. The normalized spacial score (nSPS) is 53.8. The lowest BCUT2D eigenvalue weighted by Crippen LogP contribution is -2.50. The molecule has 0 radical (unpaired) electrons. The summed E-state index contributed by atoms with van der Waals surface area (Å²) in [4.78, 5) is 0. The Bertz CT molecular complexity index is 165. The minimum atomic E-state index is -1.08. The minimum Gasteiger partial charge on any atom is -0.392 e. The first-order valence-electron chi connectivity index (χ1n) is 4.53. The molecule has 2 fully saturated rings. The lowest BCUT2D eigenvalue weighted by Gasteiger charge is -2.44.